The number of carboxylic acids is 1. The zero-order valence-corrected chi connectivity index (χ0v) is 27.8. The smallest absolute Gasteiger partial charge is 0.338 e. The summed E-state index contributed by atoms with van der Waals surface area (Å²) in [6.07, 6.45) is 3.95. The average Bonchev–Trinajstić information content (AvgIpc) is 3.72. The van der Waals surface area contributed by atoms with Crippen LogP contribution in [0.2, 0.25) is 0 Å². The highest BCUT2D eigenvalue weighted by Crippen LogP contribution is 2.35. The number of rotatable bonds is 4. The van der Waals surface area contributed by atoms with Gasteiger partial charge in [-0.3, -0.25) is 9.78 Å². The van der Waals surface area contributed by atoms with E-state index in [4.69, 9.17) is 9.97 Å². The second kappa shape index (κ2) is 14.3. The van der Waals surface area contributed by atoms with Crippen molar-refractivity contribution in [2.24, 2.45) is 0 Å². The Kier molecular flexibility index (Phi) is 11.1. The number of ether oxygens (including phenoxy) is 1. The molecule has 44 heavy (non-hydrogen) atoms. The lowest BCUT2D eigenvalue weighted by molar-refractivity contribution is -0.140. The van der Waals surface area contributed by atoms with Crippen LogP contribution in [0.25, 0.3) is 39.3 Å². The Balaban J connectivity index is 0.000000593. The molecule has 234 valence electrons. The summed E-state index contributed by atoms with van der Waals surface area (Å²) in [5.74, 6) is -0.911. The topological polar surface area (TPSA) is 121 Å². The second-order valence-corrected chi connectivity index (χ2v) is 10.8. The predicted molar refractivity (Wildman–Crippen MR) is 181 cm³/mol. The average molecular weight is 599 g/mol. The van der Waals surface area contributed by atoms with Gasteiger partial charge in [0.2, 0.25) is 0 Å². The number of fused-ring (bicyclic) bond motifs is 8. The lowest BCUT2D eigenvalue weighted by Crippen LogP contribution is -2.02. The number of hydrogen-bond acceptors (Lipinski definition) is 5. The summed E-state index contributed by atoms with van der Waals surface area (Å²) >= 11 is 0. The molecule has 8 heteroatoms. The minimum Gasteiger partial charge on any atom is -0.478 e. The maximum Gasteiger partial charge on any atom is 0.338 e. The summed E-state index contributed by atoms with van der Waals surface area (Å²) in [6, 6.07) is 6.23. The number of H-pyrrole nitrogens is 2. The van der Waals surface area contributed by atoms with Gasteiger partial charge in [-0.1, -0.05) is 47.3 Å². The monoisotopic (exact) mass is 598 g/mol. The highest BCUT2D eigenvalue weighted by molar-refractivity contribution is 6.24. The van der Waals surface area contributed by atoms with Crippen molar-refractivity contribution < 1.29 is 19.4 Å². The van der Waals surface area contributed by atoms with Crippen molar-refractivity contribution in [3.63, 3.8) is 0 Å². The van der Waals surface area contributed by atoms with Gasteiger partial charge in [-0.2, -0.15) is 0 Å². The van der Waals surface area contributed by atoms with Crippen LogP contribution in [0.5, 0.6) is 0 Å². The Morgan fingerprint density at radius 2 is 1.61 bits per heavy atom. The first-order chi connectivity index (χ1) is 20.9. The van der Waals surface area contributed by atoms with Gasteiger partial charge in [-0.15, -0.1) is 0 Å². The third kappa shape index (κ3) is 6.54. The second-order valence-electron chi connectivity index (χ2n) is 10.8. The Hall–Kier alpha value is -4.46. The molecule has 0 aromatic carbocycles. The molecule has 8 nitrogen and oxygen atoms in total. The number of allylic oxidation sites excluding steroid dienone is 1. The first-order valence-electron chi connectivity index (χ1n) is 15.3. The van der Waals surface area contributed by atoms with Gasteiger partial charge < -0.3 is 19.8 Å². The minimum absolute atomic E-state index is 0.157. The molecule has 5 rings (SSSR count). The molecule has 3 aromatic rings. The minimum atomic E-state index is -0.965. The number of hydrogen-bond donors (Lipinski definition) is 3. The molecule has 0 amide bonds. The highest BCUT2D eigenvalue weighted by atomic mass is 16.5. The van der Waals surface area contributed by atoms with Crippen LogP contribution in [0, 0.1) is 20.8 Å². The fraction of sp³-hybridized carbons (Fsp3) is 0.389. The molecule has 5 heterocycles. The third-order valence-electron chi connectivity index (χ3n) is 8.25. The lowest BCUT2D eigenvalue weighted by Gasteiger charge is -2.03. The first kappa shape index (κ1) is 34.0. The van der Waals surface area contributed by atoms with E-state index in [1.165, 1.54) is 18.2 Å². The van der Waals surface area contributed by atoms with Gasteiger partial charge in [0.1, 0.15) is 0 Å². The van der Waals surface area contributed by atoms with E-state index in [9.17, 15) is 14.7 Å². The molecule has 2 aliphatic rings. The molecule has 0 radical (unpaired) electrons. The molecule has 0 unspecified atom stereocenters. The lowest BCUT2D eigenvalue weighted by atomic mass is 9.99. The molecule has 2 aliphatic heterocycles. The fourth-order valence-corrected chi connectivity index (χ4v) is 5.64. The number of carbonyl (C=O) groups excluding carboxylic acids is 1. The highest BCUT2D eigenvalue weighted by Gasteiger charge is 2.27. The van der Waals surface area contributed by atoms with Gasteiger partial charge in [0, 0.05) is 51.4 Å². The van der Waals surface area contributed by atoms with Gasteiger partial charge in [0.15, 0.2) is 0 Å². The van der Waals surface area contributed by atoms with Crippen LogP contribution in [0.3, 0.4) is 0 Å². The van der Waals surface area contributed by atoms with E-state index in [1.807, 2.05) is 39.8 Å². The van der Waals surface area contributed by atoms with Crippen molar-refractivity contribution in [3.05, 3.63) is 75.4 Å². The fourth-order valence-electron chi connectivity index (χ4n) is 5.64. The maximum absolute atomic E-state index is 12.3. The van der Waals surface area contributed by atoms with Gasteiger partial charge in [0.25, 0.3) is 0 Å². The van der Waals surface area contributed by atoms with Crippen molar-refractivity contribution in [3.8, 4) is 0 Å². The van der Waals surface area contributed by atoms with E-state index in [2.05, 4.69) is 61.1 Å². The molecule has 3 aromatic heterocycles. The summed E-state index contributed by atoms with van der Waals surface area (Å²) in [4.78, 5) is 39.3. The van der Waals surface area contributed by atoms with E-state index in [-0.39, 0.29) is 17.5 Å². The zero-order chi connectivity index (χ0) is 32.9. The summed E-state index contributed by atoms with van der Waals surface area (Å²) in [6.45, 7) is 22.1. The van der Waals surface area contributed by atoms with Gasteiger partial charge in [-0.25, -0.2) is 9.78 Å². The summed E-state index contributed by atoms with van der Waals surface area (Å²) in [7, 11) is 1.38. The normalized spacial score (nSPS) is 13.8. The van der Waals surface area contributed by atoms with Crippen molar-refractivity contribution in [2.75, 3.05) is 7.11 Å². The van der Waals surface area contributed by atoms with Crippen molar-refractivity contribution in [2.45, 2.75) is 87.5 Å². The van der Waals surface area contributed by atoms with Crippen LogP contribution in [0.1, 0.15) is 104 Å². The van der Waals surface area contributed by atoms with Crippen LogP contribution in [0.15, 0.2) is 24.8 Å². The van der Waals surface area contributed by atoms with Crippen molar-refractivity contribution >= 4 is 51.2 Å². The van der Waals surface area contributed by atoms with Crippen LogP contribution < -0.4 is 0 Å². The molecule has 0 spiro atoms. The summed E-state index contributed by atoms with van der Waals surface area (Å²) in [5.41, 5.74) is 13.3. The Bertz CT molecular complexity index is 1780. The SMILES string of the molecule is C=Cc1c(C)c2cc3nc(c(C)c4nc(cc5[nH]c(cc1[nH]2)c(C)c5CC)C(C)=C4C(=O)O)C[C@@H]3C.CC.CCC(=O)OC. The number of aromatic nitrogens is 4. The number of nitrogens with one attached hydrogen (secondary N) is 2. The number of carbonyl (C=O) groups is 2. The maximum atomic E-state index is 12.3. The van der Waals surface area contributed by atoms with Crippen LogP contribution in [-0.2, 0) is 27.2 Å². The van der Waals surface area contributed by atoms with Gasteiger partial charge in [-0.05, 0) is 86.6 Å². The molecular weight excluding hydrogens is 552 g/mol. The van der Waals surface area contributed by atoms with Crippen molar-refractivity contribution in [1.29, 1.82) is 0 Å². The standard InChI is InChI=1S/C30H32N4O2.C4H8O2.C2H6/c1-8-19-15(4)23-11-21-14(3)10-22(31-21)18(7)29-28(30(35)36)17(6)25(34-29)13-27-20(9-2)16(5)24(33-27)12-26(19)32-23;1-3-4(5)6-2;1-2/h8,11-14,32-33H,1,9-10H2,2-7H3,(H,35,36);3H2,1-2H3;1-2H3/t14-;;/m0../s1. The Labute approximate surface area is 260 Å². The van der Waals surface area contributed by atoms with Crippen LogP contribution >= 0.6 is 0 Å². The quantitative estimate of drug-likeness (QED) is 0.259. The Morgan fingerprint density at radius 1 is 0.977 bits per heavy atom. The van der Waals surface area contributed by atoms with E-state index in [0.717, 1.165) is 63.0 Å². The number of esters is 1. The molecule has 3 N–H and O–H groups in total. The number of carboxylic acid groups (broad SMARTS) is 1. The van der Waals surface area contributed by atoms with Crippen molar-refractivity contribution in [1.82, 2.24) is 19.9 Å². The van der Waals surface area contributed by atoms with E-state index in [1.54, 1.807) is 6.92 Å². The molecule has 1 atom stereocenters. The summed E-state index contributed by atoms with van der Waals surface area (Å²) < 4.78 is 4.26. The molecule has 0 aliphatic carbocycles. The molecule has 8 bridgehead atoms. The molecule has 0 saturated heterocycles. The number of aromatic amines is 2. The van der Waals surface area contributed by atoms with E-state index in [0.29, 0.717) is 23.4 Å². The largest absolute Gasteiger partial charge is 0.478 e. The van der Waals surface area contributed by atoms with Crippen LogP contribution in [-0.4, -0.2) is 44.1 Å². The van der Waals surface area contributed by atoms with Crippen LogP contribution in [0.4, 0.5) is 0 Å². The molecular formula is C36H46N4O4. The third-order valence-corrected chi connectivity index (χ3v) is 8.25. The molecule has 0 fully saturated rings. The zero-order valence-electron chi connectivity index (χ0n) is 27.8. The van der Waals surface area contributed by atoms with E-state index < -0.39 is 5.97 Å². The number of methoxy groups -OCH3 is 1. The summed E-state index contributed by atoms with van der Waals surface area (Å²) in [5, 5.41) is 10.1. The van der Waals surface area contributed by atoms with Gasteiger partial charge >= 0.3 is 11.9 Å². The Morgan fingerprint density at radius 3 is 2.16 bits per heavy atom. The number of aryl methyl sites for hydroxylation is 3. The molecule has 0 saturated carbocycles. The van der Waals surface area contributed by atoms with Gasteiger partial charge in [0.05, 0.1) is 24.1 Å². The predicted octanol–water partition coefficient (Wildman–Crippen LogP) is 8.40. The van der Waals surface area contributed by atoms with E-state index >= 15 is 0 Å². The first-order valence-corrected chi connectivity index (χ1v) is 15.3. The number of nitrogens with zero attached hydrogens (tertiary/aromatic N) is 2. The number of aliphatic carboxylic acids is 1.